The molecule has 0 aliphatic heterocycles. The highest BCUT2D eigenvalue weighted by Gasteiger charge is 2.07. The number of ether oxygens (including phenoxy) is 1. The van der Waals surface area contributed by atoms with E-state index < -0.39 is 5.82 Å². The Labute approximate surface area is 121 Å². The third kappa shape index (κ3) is 4.06. The Morgan fingerprint density at radius 1 is 1.40 bits per heavy atom. The molecule has 1 aromatic carbocycles. The van der Waals surface area contributed by atoms with Crippen molar-refractivity contribution in [2.24, 2.45) is 0 Å². The van der Waals surface area contributed by atoms with Gasteiger partial charge in [-0.15, -0.1) is 11.3 Å². The van der Waals surface area contributed by atoms with E-state index in [1.807, 2.05) is 17.5 Å². The fraction of sp³-hybridized carbons (Fsp3) is 0.267. The lowest BCUT2D eigenvalue weighted by atomic mass is 10.1. The molecule has 1 N–H and O–H groups in total. The molecule has 0 spiro atoms. The van der Waals surface area contributed by atoms with Gasteiger partial charge in [0.2, 0.25) is 5.91 Å². The molecule has 0 saturated heterocycles. The van der Waals surface area contributed by atoms with Crippen LogP contribution in [-0.2, 0) is 17.6 Å². The quantitative estimate of drug-likeness (QED) is 0.889. The molecular weight excluding hydrogens is 277 g/mol. The van der Waals surface area contributed by atoms with E-state index in [-0.39, 0.29) is 18.1 Å². The van der Waals surface area contributed by atoms with E-state index in [1.54, 1.807) is 17.4 Å². The van der Waals surface area contributed by atoms with Crippen molar-refractivity contribution in [1.82, 2.24) is 5.32 Å². The van der Waals surface area contributed by atoms with Gasteiger partial charge >= 0.3 is 0 Å². The maximum atomic E-state index is 13.5. The minimum atomic E-state index is -0.448. The van der Waals surface area contributed by atoms with Gasteiger partial charge in [0.15, 0.2) is 11.6 Å². The van der Waals surface area contributed by atoms with Crippen LogP contribution in [0.5, 0.6) is 5.75 Å². The Morgan fingerprint density at radius 3 is 2.90 bits per heavy atom. The van der Waals surface area contributed by atoms with Crippen molar-refractivity contribution in [2.45, 2.75) is 12.8 Å². The number of benzene rings is 1. The number of carbonyl (C=O) groups is 1. The fourth-order valence-corrected chi connectivity index (χ4v) is 2.56. The normalized spacial score (nSPS) is 10.3. The van der Waals surface area contributed by atoms with E-state index in [0.29, 0.717) is 12.1 Å². The van der Waals surface area contributed by atoms with Crippen LogP contribution in [0, 0.1) is 5.82 Å². The van der Waals surface area contributed by atoms with Gasteiger partial charge in [0, 0.05) is 11.4 Å². The third-order valence-corrected chi connectivity index (χ3v) is 3.79. The molecule has 20 heavy (non-hydrogen) atoms. The minimum Gasteiger partial charge on any atom is -0.494 e. The number of methoxy groups -OCH3 is 1. The van der Waals surface area contributed by atoms with Gasteiger partial charge in [0.05, 0.1) is 13.5 Å². The van der Waals surface area contributed by atoms with Crippen molar-refractivity contribution in [2.75, 3.05) is 13.7 Å². The van der Waals surface area contributed by atoms with Gasteiger partial charge in [0.1, 0.15) is 0 Å². The van der Waals surface area contributed by atoms with Crippen molar-refractivity contribution in [1.29, 1.82) is 0 Å². The van der Waals surface area contributed by atoms with E-state index in [0.717, 1.165) is 6.42 Å². The number of thiophene rings is 1. The van der Waals surface area contributed by atoms with E-state index in [4.69, 9.17) is 4.74 Å². The smallest absolute Gasteiger partial charge is 0.224 e. The van der Waals surface area contributed by atoms with Gasteiger partial charge in [-0.2, -0.15) is 0 Å². The van der Waals surface area contributed by atoms with Crippen molar-refractivity contribution >= 4 is 17.2 Å². The van der Waals surface area contributed by atoms with Crippen LogP contribution in [0.15, 0.2) is 35.7 Å². The summed E-state index contributed by atoms with van der Waals surface area (Å²) in [5.41, 5.74) is 0.636. The first-order valence-electron chi connectivity index (χ1n) is 6.30. The highest BCUT2D eigenvalue weighted by Crippen LogP contribution is 2.17. The summed E-state index contributed by atoms with van der Waals surface area (Å²) in [6.45, 7) is 0.595. The first-order valence-corrected chi connectivity index (χ1v) is 7.18. The van der Waals surface area contributed by atoms with Crippen molar-refractivity contribution in [3.63, 3.8) is 0 Å². The van der Waals surface area contributed by atoms with E-state index in [9.17, 15) is 9.18 Å². The Bertz CT molecular complexity index is 569. The summed E-state index contributed by atoms with van der Waals surface area (Å²) in [7, 11) is 1.41. The number of halogens is 1. The third-order valence-electron chi connectivity index (χ3n) is 2.85. The Morgan fingerprint density at radius 2 is 2.25 bits per heavy atom. The molecule has 1 heterocycles. The van der Waals surface area contributed by atoms with Crippen LogP contribution in [0.2, 0.25) is 0 Å². The number of carbonyl (C=O) groups excluding carboxylic acids is 1. The maximum Gasteiger partial charge on any atom is 0.224 e. The molecule has 0 radical (unpaired) electrons. The average Bonchev–Trinajstić information content (AvgIpc) is 2.92. The van der Waals surface area contributed by atoms with Crippen LogP contribution < -0.4 is 10.1 Å². The summed E-state index contributed by atoms with van der Waals surface area (Å²) in [6.07, 6.45) is 0.992. The summed E-state index contributed by atoms with van der Waals surface area (Å²) in [5, 5.41) is 4.84. The maximum absolute atomic E-state index is 13.5. The number of amides is 1. The van der Waals surface area contributed by atoms with Gasteiger partial charge < -0.3 is 10.1 Å². The van der Waals surface area contributed by atoms with Crippen LogP contribution in [0.4, 0.5) is 4.39 Å². The Hall–Kier alpha value is -1.88. The van der Waals surface area contributed by atoms with Gasteiger partial charge in [-0.05, 0) is 35.6 Å². The predicted octanol–water partition coefficient (Wildman–Crippen LogP) is 2.80. The van der Waals surface area contributed by atoms with E-state index >= 15 is 0 Å². The standard InChI is InChI=1S/C15H16FNO2S/c1-19-14-5-4-11(9-13(14)16)10-15(18)17-7-6-12-3-2-8-20-12/h2-5,8-9H,6-7,10H2,1H3,(H,17,18). The second kappa shape index (κ2) is 7.05. The molecular formula is C15H16FNO2S. The monoisotopic (exact) mass is 293 g/mol. The van der Waals surface area contributed by atoms with Gasteiger partial charge in [-0.3, -0.25) is 4.79 Å². The van der Waals surface area contributed by atoms with Crippen molar-refractivity contribution in [3.05, 3.63) is 52.0 Å². The first kappa shape index (κ1) is 14.5. The second-order valence-electron chi connectivity index (χ2n) is 4.32. The summed E-state index contributed by atoms with van der Waals surface area (Å²) in [6, 6.07) is 8.58. The predicted molar refractivity (Wildman–Crippen MR) is 77.7 cm³/mol. The van der Waals surface area contributed by atoms with Crippen LogP contribution in [0.1, 0.15) is 10.4 Å². The van der Waals surface area contributed by atoms with E-state index in [1.165, 1.54) is 24.1 Å². The molecule has 5 heteroatoms. The van der Waals surface area contributed by atoms with Crippen molar-refractivity contribution < 1.29 is 13.9 Å². The molecule has 0 saturated carbocycles. The largest absolute Gasteiger partial charge is 0.494 e. The lowest BCUT2D eigenvalue weighted by Crippen LogP contribution is -2.27. The van der Waals surface area contributed by atoms with Gasteiger partial charge in [-0.25, -0.2) is 4.39 Å². The van der Waals surface area contributed by atoms with Gasteiger partial charge in [0.25, 0.3) is 0 Å². The number of hydrogen-bond acceptors (Lipinski definition) is 3. The molecule has 2 rings (SSSR count). The molecule has 0 atom stereocenters. The molecule has 0 aliphatic rings. The van der Waals surface area contributed by atoms with Crippen molar-refractivity contribution in [3.8, 4) is 5.75 Å². The Balaban J connectivity index is 1.80. The van der Waals surface area contributed by atoms with Gasteiger partial charge in [-0.1, -0.05) is 12.1 Å². The summed E-state index contributed by atoms with van der Waals surface area (Å²) in [4.78, 5) is 13.0. The highest BCUT2D eigenvalue weighted by atomic mass is 32.1. The molecule has 0 unspecified atom stereocenters. The van der Waals surface area contributed by atoms with Crippen LogP contribution in [-0.4, -0.2) is 19.6 Å². The number of hydrogen-bond donors (Lipinski definition) is 1. The Kier molecular flexibility index (Phi) is 5.12. The number of rotatable bonds is 6. The minimum absolute atomic E-state index is 0.105. The highest BCUT2D eigenvalue weighted by molar-refractivity contribution is 7.09. The fourth-order valence-electron chi connectivity index (χ4n) is 1.85. The molecule has 1 amide bonds. The lowest BCUT2D eigenvalue weighted by Gasteiger charge is -2.06. The molecule has 106 valence electrons. The molecule has 2 aromatic rings. The zero-order valence-corrected chi connectivity index (χ0v) is 12.0. The second-order valence-corrected chi connectivity index (χ2v) is 5.36. The first-order chi connectivity index (χ1) is 9.69. The zero-order chi connectivity index (χ0) is 14.4. The molecule has 0 fully saturated rings. The van der Waals surface area contributed by atoms with Crippen LogP contribution in [0.25, 0.3) is 0 Å². The lowest BCUT2D eigenvalue weighted by molar-refractivity contribution is -0.120. The SMILES string of the molecule is COc1ccc(CC(=O)NCCc2cccs2)cc1F. The van der Waals surface area contributed by atoms with Crippen LogP contribution >= 0.6 is 11.3 Å². The number of nitrogens with one attached hydrogen (secondary N) is 1. The zero-order valence-electron chi connectivity index (χ0n) is 11.2. The molecule has 0 bridgehead atoms. The average molecular weight is 293 g/mol. The molecule has 1 aromatic heterocycles. The summed E-state index contributed by atoms with van der Waals surface area (Å²) in [5.74, 6) is -0.366. The van der Waals surface area contributed by atoms with Crippen LogP contribution in [0.3, 0.4) is 0 Å². The summed E-state index contributed by atoms with van der Waals surface area (Å²) < 4.78 is 18.3. The molecule has 0 aliphatic carbocycles. The van der Waals surface area contributed by atoms with E-state index in [2.05, 4.69) is 5.32 Å². The molecule has 3 nitrogen and oxygen atoms in total. The summed E-state index contributed by atoms with van der Waals surface area (Å²) >= 11 is 1.67. The topological polar surface area (TPSA) is 38.3 Å².